The van der Waals surface area contributed by atoms with Crippen LogP contribution in [0.3, 0.4) is 0 Å². The van der Waals surface area contributed by atoms with E-state index in [-0.39, 0.29) is 0 Å². The molecule has 4 heteroatoms. The van der Waals surface area contributed by atoms with Gasteiger partial charge in [0.1, 0.15) is 0 Å². The summed E-state index contributed by atoms with van der Waals surface area (Å²) in [7, 11) is 0. The van der Waals surface area contributed by atoms with Gasteiger partial charge in [0.05, 0.1) is 0 Å². The first kappa shape index (κ1) is 23.5. The Labute approximate surface area is 205 Å². The van der Waals surface area contributed by atoms with Gasteiger partial charge in [-0.2, -0.15) is 0 Å². The third kappa shape index (κ3) is 3.86. The predicted octanol–water partition coefficient (Wildman–Crippen LogP) is 9.21. The molecule has 0 saturated heterocycles. The van der Waals surface area contributed by atoms with Crippen molar-refractivity contribution in [3.63, 3.8) is 0 Å². The van der Waals surface area contributed by atoms with E-state index >= 15 is 0 Å². The SMILES string of the molecule is CC1=C(C)[CH]([Zr]([CH]2C(C)=C(c3ccccc3)c3cc(Cl)cc(Cl)c32)=[Si](C)C)C(C)=C1C. The van der Waals surface area contributed by atoms with Crippen molar-refractivity contribution in [3.8, 4) is 0 Å². The molecule has 0 spiro atoms. The van der Waals surface area contributed by atoms with E-state index in [1.807, 2.05) is 6.07 Å². The third-order valence-electron chi connectivity index (χ3n) is 7.35. The second-order valence-corrected chi connectivity index (χ2v) is 27.9. The maximum absolute atomic E-state index is 6.98. The van der Waals surface area contributed by atoms with Gasteiger partial charge in [0.2, 0.25) is 0 Å². The van der Waals surface area contributed by atoms with E-state index in [1.54, 1.807) is 11.1 Å². The molecule has 0 radical (unpaired) electrons. The Morgan fingerprint density at radius 3 is 1.90 bits per heavy atom. The molecule has 0 fully saturated rings. The molecule has 0 saturated carbocycles. The number of allylic oxidation sites excluding steroid dienone is 5. The van der Waals surface area contributed by atoms with Crippen molar-refractivity contribution in [3.05, 3.63) is 97.1 Å². The standard InChI is InChI=1S/C16H11Cl2.C9H13.C2H6Si.Zr/c1-10-7-13-14(8-12(17)9-15(13)18)16(10)11-5-3-2-4-6-11;1-6-5-7(2)9(4)8(6)3;1-3-2;/h2-9H,1H3;5H,1-4H3;1-2H3;. The summed E-state index contributed by atoms with van der Waals surface area (Å²) in [4.78, 5) is 0. The fraction of sp³-hybridized carbons (Fsp3) is 0.333. The van der Waals surface area contributed by atoms with Crippen LogP contribution in [0, 0.1) is 0 Å². The van der Waals surface area contributed by atoms with Crippen LogP contribution in [0.5, 0.6) is 0 Å². The molecule has 0 heterocycles. The molecule has 0 aliphatic heterocycles. The van der Waals surface area contributed by atoms with Crippen molar-refractivity contribution in [1.82, 2.24) is 0 Å². The summed E-state index contributed by atoms with van der Waals surface area (Å²) in [6.07, 6.45) is 0. The number of hydrogen-bond acceptors (Lipinski definition) is 0. The Balaban J connectivity index is 2.03. The average Bonchev–Trinajstić information content (AvgIpc) is 3.10. The van der Waals surface area contributed by atoms with Gasteiger partial charge in [-0.25, -0.2) is 0 Å². The average molecular weight is 545 g/mol. The molecule has 0 amide bonds. The van der Waals surface area contributed by atoms with E-state index in [2.05, 4.69) is 84.1 Å². The first-order valence-corrected chi connectivity index (χ1v) is 20.7. The van der Waals surface area contributed by atoms with Crippen LogP contribution >= 0.6 is 23.2 Å². The van der Waals surface area contributed by atoms with Crippen LogP contribution in [0.25, 0.3) is 5.57 Å². The van der Waals surface area contributed by atoms with E-state index in [4.69, 9.17) is 23.2 Å². The van der Waals surface area contributed by atoms with Crippen molar-refractivity contribution in [1.29, 1.82) is 0 Å². The van der Waals surface area contributed by atoms with E-state index in [9.17, 15) is 0 Å². The van der Waals surface area contributed by atoms with E-state index < -0.39 is 25.8 Å². The second kappa shape index (κ2) is 8.94. The van der Waals surface area contributed by atoms with Crippen LogP contribution in [0.4, 0.5) is 0 Å². The molecule has 2 aliphatic rings. The fourth-order valence-corrected chi connectivity index (χ4v) is 28.0. The van der Waals surface area contributed by atoms with Gasteiger partial charge in [-0.15, -0.1) is 0 Å². The van der Waals surface area contributed by atoms with Crippen LogP contribution < -0.4 is 0 Å². The molecule has 2 aromatic rings. The molecule has 4 rings (SSSR count). The van der Waals surface area contributed by atoms with Crippen LogP contribution in [-0.2, 0) is 20.4 Å². The Morgan fingerprint density at radius 2 is 1.35 bits per heavy atom. The summed E-state index contributed by atoms with van der Waals surface area (Å²) in [6.45, 7) is 16.9. The molecule has 2 aliphatic carbocycles. The van der Waals surface area contributed by atoms with E-state index in [0.29, 0.717) is 7.25 Å². The minimum atomic E-state index is -2.07. The number of halogens is 2. The van der Waals surface area contributed by atoms with Gasteiger partial charge in [-0.05, 0) is 0 Å². The van der Waals surface area contributed by atoms with Crippen LogP contribution in [0.2, 0.25) is 26.8 Å². The zero-order valence-corrected chi connectivity index (χ0v) is 24.4. The van der Waals surface area contributed by atoms with Gasteiger partial charge in [0, 0.05) is 0 Å². The van der Waals surface area contributed by atoms with Crippen molar-refractivity contribution >= 4 is 34.2 Å². The summed E-state index contributed by atoms with van der Waals surface area (Å²) in [5.41, 5.74) is 12.6. The first-order chi connectivity index (χ1) is 14.6. The maximum atomic E-state index is 6.98. The minimum absolute atomic E-state index is 0.453. The third-order valence-corrected chi connectivity index (χ3v) is 27.9. The number of rotatable bonds is 3. The quantitative estimate of drug-likeness (QED) is 0.338. The van der Waals surface area contributed by atoms with Crippen LogP contribution in [0.1, 0.15) is 54.9 Å². The number of hydrogen-bond donors (Lipinski definition) is 0. The molecular weight excluding hydrogens is 515 g/mol. The van der Waals surface area contributed by atoms with Crippen molar-refractivity contribution < 1.29 is 20.4 Å². The van der Waals surface area contributed by atoms with Gasteiger partial charge >= 0.3 is 207 Å². The van der Waals surface area contributed by atoms with Crippen molar-refractivity contribution in [2.24, 2.45) is 0 Å². The van der Waals surface area contributed by atoms with Gasteiger partial charge in [0.25, 0.3) is 0 Å². The molecule has 160 valence electrons. The van der Waals surface area contributed by atoms with Crippen molar-refractivity contribution in [2.45, 2.75) is 55.0 Å². The number of benzene rings is 2. The monoisotopic (exact) mass is 542 g/mol. The van der Waals surface area contributed by atoms with Crippen molar-refractivity contribution in [2.75, 3.05) is 0 Å². The van der Waals surface area contributed by atoms with Crippen LogP contribution in [0.15, 0.2) is 70.3 Å². The van der Waals surface area contributed by atoms with Gasteiger partial charge < -0.3 is 0 Å². The summed E-state index contributed by atoms with van der Waals surface area (Å²) in [6, 6.07) is 14.9. The van der Waals surface area contributed by atoms with E-state index in [0.717, 1.165) is 10.0 Å². The Morgan fingerprint density at radius 1 is 0.774 bits per heavy atom. The summed E-state index contributed by atoms with van der Waals surface area (Å²) < 4.78 is 1.19. The molecule has 2 aromatic carbocycles. The predicted molar refractivity (Wildman–Crippen MR) is 135 cm³/mol. The summed E-state index contributed by atoms with van der Waals surface area (Å²) >= 11 is 11.4. The first-order valence-electron chi connectivity index (χ1n) is 10.9. The molecule has 0 N–H and O–H groups in total. The molecule has 1 unspecified atom stereocenters. The topological polar surface area (TPSA) is 0 Å². The Kier molecular flexibility index (Phi) is 6.78. The molecule has 1 atom stereocenters. The number of fused-ring (bicyclic) bond motifs is 1. The molecular formula is C27H30Cl2SiZr. The zero-order valence-electron chi connectivity index (χ0n) is 19.5. The molecule has 0 bridgehead atoms. The fourth-order valence-electron chi connectivity index (χ4n) is 5.59. The zero-order chi connectivity index (χ0) is 22.6. The molecule has 0 nitrogen and oxygen atoms in total. The second-order valence-electron chi connectivity index (χ2n) is 9.21. The Hall–Kier alpha value is -0.660. The molecule has 0 aromatic heterocycles. The summed E-state index contributed by atoms with van der Waals surface area (Å²) in [5, 5.41) is 1.59. The van der Waals surface area contributed by atoms with E-state index in [1.165, 1.54) is 39.0 Å². The van der Waals surface area contributed by atoms with Gasteiger partial charge in [-0.3, -0.25) is 0 Å². The summed E-state index contributed by atoms with van der Waals surface area (Å²) in [5.74, 6) is 0. The normalized spacial score (nSPS) is 18.9. The van der Waals surface area contributed by atoms with Gasteiger partial charge in [-0.1, -0.05) is 0 Å². The van der Waals surface area contributed by atoms with Crippen LogP contribution in [-0.4, -0.2) is 5.43 Å². The van der Waals surface area contributed by atoms with Gasteiger partial charge in [0.15, 0.2) is 0 Å². The Bertz CT molecular complexity index is 1190. The molecule has 31 heavy (non-hydrogen) atoms.